The van der Waals surface area contributed by atoms with Gasteiger partial charge in [-0.1, -0.05) is 18.9 Å². The van der Waals surface area contributed by atoms with E-state index in [2.05, 4.69) is 0 Å². The Labute approximate surface area is 129 Å². The number of rotatable bonds is 10. The summed E-state index contributed by atoms with van der Waals surface area (Å²) in [6, 6.07) is 4.69. The minimum Gasteiger partial charge on any atom is -0.466 e. The first-order valence-electron chi connectivity index (χ1n) is 7.46. The van der Waals surface area contributed by atoms with E-state index >= 15 is 0 Å². The average molecular weight is 307 g/mol. The molecule has 1 aromatic carbocycles. The van der Waals surface area contributed by atoms with Gasteiger partial charge in [0.2, 0.25) is 0 Å². The third-order valence-corrected chi connectivity index (χ3v) is 3.32. The molecular weight excluding hydrogens is 286 g/mol. The number of nitro groups is 1. The van der Waals surface area contributed by atoms with Gasteiger partial charge in [0.15, 0.2) is 6.29 Å². The Morgan fingerprint density at radius 3 is 2.64 bits per heavy atom. The molecule has 0 aliphatic carbocycles. The van der Waals surface area contributed by atoms with Crippen LogP contribution in [0.3, 0.4) is 0 Å². The van der Waals surface area contributed by atoms with E-state index in [0.29, 0.717) is 19.3 Å². The summed E-state index contributed by atoms with van der Waals surface area (Å²) in [5.74, 6) is -0.164. The van der Waals surface area contributed by atoms with Crippen molar-refractivity contribution in [1.29, 1.82) is 0 Å². The van der Waals surface area contributed by atoms with Crippen LogP contribution in [0.15, 0.2) is 18.2 Å². The third kappa shape index (κ3) is 6.03. The van der Waals surface area contributed by atoms with E-state index in [1.54, 1.807) is 13.0 Å². The van der Waals surface area contributed by atoms with E-state index in [9.17, 15) is 19.7 Å². The number of nitro benzene ring substituents is 1. The van der Waals surface area contributed by atoms with Crippen molar-refractivity contribution in [3.05, 3.63) is 39.4 Å². The third-order valence-electron chi connectivity index (χ3n) is 3.32. The number of aryl methyl sites for hydroxylation is 1. The lowest BCUT2D eigenvalue weighted by atomic mass is 10.0. The monoisotopic (exact) mass is 307 g/mol. The molecular formula is C16H21NO5. The zero-order valence-electron chi connectivity index (χ0n) is 12.7. The van der Waals surface area contributed by atoms with Crippen molar-refractivity contribution in [3.63, 3.8) is 0 Å². The van der Waals surface area contributed by atoms with Crippen molar-refractivity contribution in [2.75, 3.05) is 6.61 Å². The van der Waals surface area contributed by atoms with Gasteiger partial charge in [-0.05, 0) is 37.8 Å². The predicted octanol–water partition coefficient (Wildman–Crippen LogP) is 3.46. The molecule has 0 fully saturated rings. The Bertz CT molecular complexity index is 527. The van der Waals surface area contributed by atoms with Gasteiger partial charge < -0.3 is 4.74 Å². The number of unbranched alkanes of at least 4 members (excludes halogenated alkanes) is 3. The van der Waals surface area contributed by atoms with E-state index in [1.165, 1.54) is 12.1 Å². The number of hydrogen-bond acceptors (Lipinski definition) is 5. The second-order valence-corrected chi connectivity index (χ2v) is 4.99. The maximum absolute atomic E-state index is 11.1. The standard InChI is InChI=1S/C16H21NO5/c1-2-22-16(19)8-6-4-3-5-7-13-9-10-14(12-18)15(11-13)17(20)21/h9-12H,2-8H2,1H3. The Morgan fingerprint density at radius 2 is 2.00 bits per heavy atom. The van der Waals surface area contributed by atoms with Gasteiger partial charge >= 0.3 is 5.97 Å². The van der Waals surface area contributed by atoms with Crippen molar-refractivity contribution in [1.82, 2.24) is 0 Å². The zero-order chi connectivity index (χ0) is 16.4. The molecule has 120 valence electrons. The molecule has 22 heavy (non-hydrogen) atoms. The van der Waals surface area contributed by atoms with Crippen LogP contribution in [-0.2, 0) is 16.0 Å². The summed E-state index contributed by atoms with van der Waals surface area (Å²) in [7, 11) is 0. The van der Waals surface area contributed by atoms with Crippen LogP contribution in [0.5, 0.6) is 0 Å². The molecule has 0 bridgehead atoms. The summed E-state index contributed by atoms with van der Waals surface area (Å²) in [6.07, 6.45) is 5.21. The Morgan fingerprint density at radius 1 is 1.27 bits per heavy atom. The van der Waals surface area contributed by atoms with Crippen molar-refractivity contribution in [2.45, 2.75) is 45.4 Å². The summed E-state index contributed by atoms with van der Waals surface area (Å²) in [5.41, 5.74) is 0.806. The van der Waals surface area contributed by atoms with Crippen LogP contribution in [0, 0.1) is 10.1 Å². The number of aldehydes is 1. The first-order chi connectivity index (χ1) is 10.6. The summed E-state index contributed by atoms with van der Waals surface area (Å²) in [6.45, 7) is 2.20. The first-order valence-corrected chi connectivity index (χ1v) is 7.46. The van der Waals surface area contributed by atoms with Gasteiger partial charge in [-0.2, -0.15) is 0 Å². The molecule has 6 heteroatoms. The largest absolute Gasteiger partial charge is 0.466 e. The molecule has 0 atom stereocenters. The maximum atomic E-state index is 11.1. The molecule has 0 N–H and O–H groups in total. The molecule has 0 heterocycles. The summed E-state index contributed by atoms with van der Waals surface area (Å²) in [4.78, 5) is 32.2. The quantitative estimate of drug-likeness (QED) is 0.217. The Balaban J connectivity index is 2.33. The number of hydrogen-bond donors (Lipinski definition) is 0. The number of benzene rings is 1. The van der Waals surface area contributed by atoms with Crippen LogP contribution in [0.25, 0.3) is 0 Å². The zero-order valence-corrected chi connectivity index (χ0v) is 12.7. The van der Waals surface area contributed by atoms with Crippen LogP contribution in [0.1, 0.15) is 54.9 Å². The van der Waals surface area contributed by atoms with Gasteiger partial charge in [-0.15, -0.1) is 0 Å². The minimum atomic E-state index is -0.535. The normalized spacial score (nSPS) is 10.2. The van der Waals surface area contributed by atoms with E-state index in [4.69, 9.17) is 4.74 Å². The summed E-state index contributed by atoms with van der Waals surface area (Å²) >= 11 is 0. The number of carbonyl (C=O) groups excluding carboxylic acids is 2. The second kappa shape index (κ2) is 9.65. The van der Waals surface area contributed by atoms with Crippen LogP contribution < -0.4 is 0 Å². The highest BCUT2D eigenvalue weighted by Crippen LogP contribution is 2.20. The molecule has 0 aromatic heterocycles. The van der Waals surface area contributed by atoms with Gasteiger partial charge in [0.05, 0.1) is 17.1 Å². The summed E-state index contributed by atoms with van der Waals surface area (Å²) in [5, 5.41) is 10.9. The van der Waals surface area contributed by atoms with Crippen molar-refractivity contribution >= 4 is 17.9 Å². The lowest BCUT2D eigenvalue weighted by Crippen LogP contribution is -2.03. The molecule has 6 nitrogen and oxygen atoms in total. The molecule has 1 rings (SSSR count). The van der Waals surface area contributed by atoms with Crippen molar-refractivity contribution in [2.24, 2.45) is 0 Å². The Kier molecular flexibility index (Phi) is 7.81. The average Bonchev–Trinajstić information content (AvgIpc) is 2.50. The molecule has 0 spiro atoms. The van der Waals surface area contributed by atoms with E-state index in [-0.39, 0.29) is 17.2 Å². The minimum absolute atomic E-state index is 0.100. The Hall–Kier alpha value is -2.24. The molecule has 1 aromatic rings. The van der Waals surface area contributed by atoms with Crippen LogP contribution in [0.2, 0.25) is 0 Å². The maximum Gasteiger partial charge on any atom is 0.305 e. The van der Waals surface area contributed by atoms with Crippen LogP contribution >= 0.6 is 0 Å². The van der Waals surface area contributed by atoms with Crippen molar-refractivity contribution in [3.8, 4) is 0 Å². The van der Waals surface area contributed by atoms with Gasteiger partial charge in [0, 0.05) is 12.5 Å². The fourth-order valence-corrected chi connectivity index (χ4v) is 2.19. The summed E-state index contributed by atoms with van der Waals surface area (Å²) < 4.78 is 4.84. The molecule has 0 amide bonds. The van der Waals surface area contributed by atoms with Crippen molar-refractivity contribution < 1.29 is 19.2 Å². The molecule has 0 radical (unpaired) electrons. The highest BCUT2D eigenvalue weighted by molar-refractivity contribution is 5.81. The van der Waals surface area contributed by atoms with E-state index in [1.807, 2.05) is 0 Å². The molecule has 0 saturated carbocycles. The van der Waals surface area contributed by atoms with E-state index < -0.39 is 4.92 Å². The number of ether oxygens (including phenoxy) is 1. The molecule has 0 saturated heterocycles. The highest BCUT2D eigenvalue weighted by atomic mass is 16.6. The molecule has 0 unspecified atom stereocenters. The lowest BCUT2D eigenvalue weighted by molar-refractivity contribution is -0.385. The number of nitrogens with zero attached hydrogens (tertiary/aromatic N) is 1. The van der Waals surface area contributed by atoms with Gasteiger partial charge in [-0.25, -0.2) is 0 Å². The number of carbonyl (C=O) groups is 2. The smallest absolute Gasteiger partial charge is 0.305 e. The van der Waals surface area contributed by atoms with Gasteiger partial charge in [0.25, 0.3) is 5.69 Å². The highest BCUT2D eigenvalue weighted by Gasteiger charge is 2.13. The molecule has 0 aliphatic heterocycles. The molecule has 0 aliphatic rings. The van der Waals surface area contributed by atoms with Gasteiger partial charge in [-0.3, -0.25) is 19.7 Å². The lowest BCUT2D eigenvalue weighted by Gasteiger charge is -2.04. The topological polar surface area (TPSA) is 86.5 Å². The van der Waals surface area contributed by atoms with E-state index in [0.717, 1.165) is 37.7 Å². The fraction of sp³-hybridized carbons (Fsp3) is 0.500. The van der Waals surface area contributed by atoms with Crippen LogP contribution in [-0.4, -0.2) is 23.8 Å². The second-order valence-electron chi connectivity index (χ2n) is 4.99. The fourth-order valence-electron chi connectivity index (χ4n) is 2.19. The number of esters is 1. The predicted molar refractivity (Wildman–Crippen MR) is 81.9 cm³/mol. The van der Waals surface area contributed by atoms with Crippen LogP contribution in [0.4, 0.5) is 5.69 Å². The SMILES string of the molecule is CCOC(=O)CCCCCCc1ccc(C=O)c([N+](=O)[O-])c1. The van der Waals surface area contributed by atoms with Gasteiger partial charge in [0.1, 0.15) is 0 Å². The first kappa shape index (κ1) is 17.8.